The highest BCUT2D eigenvalue weighted by atomic mass is 16.5. The van der Waals surface area contributed by atoms with Crippen molar-refractivity contribution in [3.8, 4) is 11.5 Å². The first-order chi connectivity index (χ1) is 10.7. The number of carbonyl (C=O) groups excluding carboxylic acids is 2. The Morgan fingerprint density at radius 2 is 1.73 bits per heavy atom. The molecule has 1 fully saturated rings. The zero-order valence-electron chi connectivity index (χ0n) is 11.9. The molecule has 22 heavy (non-hydrogen) atoms. The topological polar surface area (TPSA) is 67.4 Å². The molecule has 2 aromatic carbocycles. The zero-order valence-corrected chi connectivity index (χ0v) is 11.9. The molecule has 112 valence electrons. The van der Waals surface area contributed by atoms with Gasteiger partial charge in [-0.25, -0.2) is 0 Å². The van der Waals surface area contributed by atoms with Crippen LogP contribution in [0.2, 0.25) is 0 Å². The summed E-state index contributed by atoms with van der Waals surface area (Å²) in [4.78, 5) is 23.1. The van der Waals surface area contributed by atoms with E-state index in [1.807, 2.05) is 30.3 Å². The van der Waals surface area contributed by atoms with Crippen molar-refractivity contribution in [2.75, 3.05) is 5.32 Å². The molecule has 0 spiro atoms. The van der Waals surface area contributed by atoms with Gasteiger partial charge in [0.15, 0.2) is 0 Å². The number of hydrogen-bond donors (Lipinski definition) is 2. The Bertz CT molecular complexity index is 668. The third-order valence-electron chi connectivity index (χ3n) is 3.41. The predicted molar refractivity (Wildman–Crippen MR) is 82.8 cm³/mol. The van der Waals surface area contributed by atoms with Crippen molar-refractivity contribution in [3.05, 3.63) is 54.6 Å². The predicted octanol–water partition coefficient (Wildman–Crippen LogP) is 2.70. The molecule has 0 radical (unpaired) electrons. The smallest absolute Gasteiger partial charge is 0.246 e. The quantitative estimate of drug-likeness (QED) is 0.911. The number of nitrogens with one attached hydrogen (secondary N) is 2. The van der Waals surface area contributed by atoms with Crippen LogP contribution in [0.5, 0.6) is 11.5 Å². The molecule has 0 unspecified atom stereocenters. The third-order valence-corrected chi connectivity index (χ3v) is 3.41. The standard InChI is InChI=1S/C17H16N2O3/c20-16-11-10-15(19-16)17(21)18-12-6-8-14(9-7-12)22-13-4-2-1-3-5-13/h1-9,15H,10-11H2,(H,18,21)(H,19,20)/t15-/m1/s1. The summed E-state index contributed by atoms with van der Waals surface area (Å²) < 4.78 is 5.68. The van der Waals surface area contributed by atoms with Gasteiger partial charge in [-0.2, -0.15) is 0 Å². The van der Waals surface area contributed by atoms with Gasteiger partial charge in [-0.15, -0.1) is 0 Å². The number of anilines is 1. The van der Waals surface area contributed by atoms with E-state index in [1.54, 1.807) is 24.3 Å². The van der Waals surface area contributed by atoms with Gasteiger partial charge in [0.25, 0.3) is 0 Å². The maximum absolute atomic E-state index is 12.0. The first kappa shape index (κ1) is 14.1. The fourth-order valence-corrected chi connectivity index (χ4v) is 2.27. The van der Waals surface area contributed by atoms with Gasteiger partial charge in [-0.05, 0) is 42.8 Å². The minimum atomic E-state index is -0.437. The molecular weight excluding hydrogens is 280 g/mol. The number of benzene rings is 2. The van der Waals surface area contributed by atoms with Gasteiger partial charge in [0, 0.05) is 12.1 Å². The van der Waals surface area contributed by atoms with E-state index >= 15 is 0 Å². The van der Waals surface area contributed by atoms with E-state index in [9.17, 15) is 9.59 Å². The molecule has 1 aliphatic heterocycles. The van der Waals surface area contributed by atoms with Crippen LogP contribution in [0.4, 0.5) is 5.69 Å². The summed E-state index contributed by atoms with van der Waals surface area (Å²) >= 11 is 0. The Kier molecular flexibility index (Phi) is 4.05. The lowest BCUT2D eigenvalue weighted by molar-refractivity contribution is -0.122. The molecule has 1 saturated heterocycles. The Hall–Kier alpha value is -2.82. The van der Waals surface area contributed by atoms with Crippen molar-refractivity contribution >= 4 is 17.5 Å². The average Bonchev–Trinajstić information content (AvgIpc) is 2.97. The Labute approximate surface area is 128 Å². The second kappa shape index (κ2) is 6.30. The van der Waals surface area contributed by atoms with E-state index in [0.717, 1.165) is 5.75 Å². The van der Waals surface area contributed by atoms with Gasteiger partial charge in [0.1, 0.15) is 17.5 Å². The molecular formula is C17H16N2O3. The van der Waals surface area contributed by atoms with Crippen molar-refractivity contribution in [2.45, 2.75) is 18.9 Å². The van der Waals surface area contributed by atoms with Crippen LogP contribution in [0, 0.1) is 0 Å². The maximum atomic E-state index is 12.0. The van der Waals surface area contributed by atoms with E-state index in [0.29, 0.717) is 24.3 Å². The van der Waals surface area contributed by atoms with Crippen LogP contribution in [0.25, 0.3) is 0 Å². The fraction of sp³-hybridized carbons (Fsp3) is 0.176. The monoisotopic (exact) mass is 296 g/mol. The normalized spacial score (nSPS) is 16.9. The summed E-state index contributed by atoms with van der Waals surface area (Å²) in [7, 11) is 0. The van der Waals surface area contributed by atoms with Crippen LogP contribution in [-0.4, -0.2) is 17.9 Å². The summed E-state index contributed by atoms with van der Waals surface area (Å²) in [6.07, 6.45) is 0.946. The summed E-state index contributed by atoms with van der Waals surface area (Å²) in [6, 6.07) is 16.2. The second-order valence-corrected chi connectivity index (χ2v) is 5.09. The second-order valence-electron chi connectivity index (χ2n) is 5.09. The lowest BCUT2D eigenvalue weighted by Crippen LogP contribution is -2.37. The number of carbonyl (C=O) groups is 2. The molecule has 2 N–H and O–H groups in total. The molecule has 0 saturated carbocycles. The van der Waals surface area contributed by atoms with Crippen LogP contribution in [-0.2, 0) is 9.59 Å². The van der Waals surface area contributed by atoms with Crippen molar-refractivity contribution in [1.29, 1.82) is 0 Å². The SMILES string of the molecule is O=C1CC[C@H](C(=O)Nc2ccc(Oc3ccccc3)cc2)N1. The summed E-state index contributed by atoms with van der Waals surface area (Å²) in [5.74, 6) is 1.18. The number of para-hydroxylation sites is 1. The fourth-order valence-electron chi connectivity index (χ4n) is 2.27. The largest absolute Gasteiger partial charge is 0.457 e. The number of hydrogen-bond acceptors (Lipinski definition) is 3. The first-order valence-electron chi connectivity index (χ1n) is 7.14. The Balaban J connectivity index is 1.59. The first-order valence-corrected chi connectivity index (χ1v) is 7.14. The lowest BCUT2D eigenvalue weighted by Gasteiger charge is -2.11. The molecule has 3 rings (SSSR count). The van der Waals surface area contributed by atoms with Crippen molar-refractivity contribution in [1.82, 2.24) is 5.32 Å². The Morgan fingerprint density at radius 3 is 2.36 bits per heavy atom. The number of ether oxygens (including phenoxy) is 1. The van der Waals surface area contributed by atoms with Gasteiger partial charge in [-0.3, -0.25) is 9.59 Å². The van der Waals surface area contributed by atoms with Crippen LogP contribution in [0.3, 0.4) is 0 Å². The van der Waals surface area contributed by atoms with Crippen LogP contribution >= 0.6 is 0 Å². The van der Waals surface area contributed by atoms with Gasteiger partial charge in [0.2, 0.25) is 11.8 Å². The lowest BCUT2D eigenvalue weighted by atomic mass is 10.2. The average molecular weight is 296 g/mol. The molecule has 0 aliphatic carbocycles. The molecule has 1 atom stereocenters. The van der Waals surface area contributed by atoms with E-state index in [1.165, 1.54) is 0 Å². The Morgan fingerprint density at radius 1 is 1.05 bits per heavy atom. The molecule has 0 aromatic heterocycles. The summed E-state index contributed by atoms with van der Waals surface area (Å²) in [5, 5.41) is 5.43. The third kappa shape index (κ3) is 3.44. The molecule has 1 heterocycles. The zero-order chi connectivity index (χ0) is 15.4. The van der Waals surface area contributed by atoms with E-state index in [-0.39, 0.29) is 11.8 Å². The van der Waals surface area contributed by atoms with Crippen LogP contribution in [0.15, 0.2) is 54.6 Å². The minimum Gasteiger partial charge on any atom is -0.457 e. The van der Waals surface area contributed by atoms with Crippen molar-refractivity contribution < 1.29 is 14.3 Å². The van der Waals surface area contributed by atoms with Gasteiger partial charge < -0.3 is 15.4 Å². The van der Waals surface area contributed by atoms with Crippen LogP contribution in [0.1, 0.15) is 12.8 Å². The van der Waals surface area contributed by atoms with Crippen molar-refractivity contribution in [3.63, 3.8) is 0 Å². The molecule has 2 amide bonds. The van der Waals surface area contributed by atoms with Gasteiger partial charge in [0.05, 0.1) is 0 Å². The molecule has 2 aromatic rings. The minimum absolute atomic E-state index is 0.0771. The molecule has 1 aliphatic rings. The molecule has 5 nitrogen and oxygen atoms in total. The number of amides is 2. The number of rotatable bonds is 4. The van der Waals surface area contributed by atoms with Gasteiger partial charge in [-0.1, -0.05) is 18.2 Å². The van der Waals surface area contributed by atoms with E-state index < -0.39 is 6.04 Å². The highest BCUT2D eigenvalue weighted by Gasteiger charge is 2.26. The van der Waals surface area contributed by atoms with Crippen molar-refractivity contribution in [2.24, 2.45) is 0 Å². The summed E-state index contributed by atoms with van der Waals surface area (Å²) in [6.45, 7) is 0. The van der Waals surface area contributed by atoms with Gasteiger partial charge >= 0.3 is 0 Å². The molecule has 0 bridgehead atoms. The highest BCUT2D eigenvalue weighted by Crippen LogP contribution is 2.22. The highest BCUT2D eigenvalue weighted by molar-refractivity contribution is 5.98. The molecule has 5 heteroatoms. The summed E-state index contributed by atoms with van der Waals surface area (Å²) in [5.41, 5.74) is 0.673. The van der Waals surface area contributed by atoms with E-state index in [4.69, 9.17) is 4.74 Å². The maximum Gasteiger partial charge on any atom is 0.246 e. The van der Waals surface area contributed by atoms with E-state index in [2.05, 4.69) is 10.6 Å². The van der Waals surface area contributed by atoms with Crippen LogP contribution < -0.4 is 15.4 Å².